The molecule has 5 heteroatoms. The van der Waals surface area contributed by atoms with Crippen LogP contribution in [0, 0.1) is 12.3 Å². The molecule has 18 heavy (non-hydrogen) atoms. The molecule has 0 amide bonds. The fourth-order valence-electron chi connectivity index (χ4n) is 2.59. The summed E-state index contributed by atoms with van der Waals surface area (Å²) < 4.78 is 0. The Labute approximate surface area is 113 Å². The first-order chi connectivity index (χ1) is 8.63. The highest BCUT2D eigenvalue weighted by Gasteiger charge is 2.31. The van der Waals surface area contributed by atoms with Gasteiger partial charge in [0.25, 0.3) is 0 Å². The Balaban J connectivity index is 2.00. The van der Waals surface area contributed by atoms with Gasteiger partial charge in [0.2, 0.25) is 0 Å². The summed E-state index contributed by atoms with van der Waals surface area (Å²) >= 11 is 5.90. The molecule has 1 aromatic heterocycles. The maximum absolute atomic E-state index is 9.63. The summed E-state index contributed by atoms with van der Waals surface area (Å²) in [6.07, 6.45) is 5.83. The number of nitrogens with one attached hydrogen (secondary N) is 1. The van der Waals surface area contributed by atoms with Gasteiger partial charge in [-0.25, -0.2) is 9.97 Å². The second kappa shape index (κ2) is 5.85. The Morgan fingerprint density at radius 1 is 1.33 bits per heavy atom. The SMILES string of the molecule is Cc1nc(Cl)cc(NCC2(CO)CCCCC2)n1. The molecule has 1 aromatic rings. The van der Waals surface area contributed by atoms with Gasteiger partial charge in [-0.05, 0) is 19.8 Å². The van der Waals surface area contributed by atoms with Gasteiger partial charge in [0.1, 0.15) is 16.8 Å². The smallest absolute Gasteiger partial charge is 0.134 e. The molecule has 1 aliphatic rings. The summed E-state index contributed by atoms with van der Waals surface area (Å²) in [6.45, 7) is 2.80. The summed E-state index contributed by atoms with van der Waals surface area (Å²) in [7, 11) is 0. The number of anilines is 1. The van der Waals surface area contributed by atoms with Crippen LogP contribution in [0.15, 0.2) is 6.07 Å². The van der Waals surface area contributed by atoms with Gasteiger partial charge >= 0.3 is 0 Å². The lowest BCUT2D eigenvalue weighted by molar-refractivity contribution is 0.0943. The molecule has 0 atom stereocenters. The predicted molar refractivity (Wildman–Crippen MR) is 72.9 cm³/mol. The van der Waals surface area contributed by atoms with E-state index in [1.807, 2.05) is 6.92 Å². The molecular weight excluding hydrogens is 250 g/mol. The van der Waals surface area contributed by atoms with Gasteiger partial charge in [0.05, 0.1) is 6.61 Å². The van der Waals surface area contributed by atoms with Gasteiger partial charge in [0.15, 0.2) is 0 Å². The molecule has 0 aliphatic heterocycles. The van der Waals surface area contributed by atoms with Gasteiger partial charge in [-0.1, -0.05) is 30.9 Å². The molecule has 0 radical (unpaired) electrons. The molecule has 0 spiro atoms. The van der Waals surface area contributed by atoms with E-state index in [4.69, 9.17) is 11.6 Å². The van der Waals surface area contributed by atoms with Crippen LogP contribution in [0.3, 0.4) is 0 Å². The van der Waals surface area contributed by atoms with Crippen molar-refractivity contribution < 1.29 is 5.11 Å². The van der Waals surface area contributed by atoms with E-state index in [9.17, 15) is 5.11 Å². The van der Waals surface area contributed by atoms with Crippen molar-refractivity contribution in [1.82, 2.24) is 9.97 Å². The van der Waals surface area contributed by atoms with Crippen LogP contribution in [0.1, 0.15) is 37.9 Å². The first-order valence-corrected chi connectivity index (χ1v) is 6.87. The minimum absolute atomic E-state index is 0.00355. The summed E-state index contributed by atoms with van der Waals surface area (Å²) in [4.78, 5) is 8.33. The van der Waals surface area contributed by atoms with Crippen molar-refractivity contribution in [3.05, 3.63) is 17.0 Å². The zero-order valence-electron chi connectivity index (χ0n) is 10.7. The van der Waals surface area contributed by atoms with Gasteiger partial charge < -0.3 is 10.4 Å². The second-order valence-electron chi connectivity index (χ2n) is 5.20. The second-order valence-corrected chi connectivity index (χ2v) is 5.58. The van der Waals surface area contributed by atoms with Crippen LogP contribution >= 0.6 is 11.6 Å². The molecule has 2 N–H and O–H groups in total. The van der Waals surface area contributed by atoms with Gasteiger partial charge in [0, 0.05) is 18.0 Å². The highest BCUT2D eigenvalue weighted by Crippen LogP contribution is 2.35. The van der Waals surface area contributed by atoms with Crippen molar-refractivity contribution in [3.8, 4) is 0 Å². The average molecular weight is 270 g/mol. The van der Waals surface area contributed by atoms with Crippen molar-refractivity contribution in [2.24, 2.45) is 5.41 Å². The number of aliphatic hydroxyl groups excluding tert-OH is 1. The molecule has 100 valence electrons. The van der Waals surface area contributed by atoms with Crippen LogP contribution in [0.5, 0.6) is 0 Å². The van der Waals surface area contributed by atoms with Gasteiger partial charge in [-0.2, -0.15) is 0 Å². The molecule has 1 saturated carbocycles. The normalized spacial score (nSPS) is 18.6. The van der Waals surface area contributed by atoms with E-state index in [-0.39, 0.29) is 12.0 Å². The Kier molecular flexibility index (Phi) is 4.40. The lowest BCUT2D eigenvalue weighted by atomic mass is 9.74. The van der Waals surface area contributed by atoms with E-state index in [0.717, 1.165) is 25.2 Å². The van der Waals surface area contributed by atoms with E-state index < -0.39 is 0 Å². The Hall–Kier alpha value is -0.870. The van der Waals surface area contributed by atoms with Crippen LogP contribution in [0.25, 0.3) is 0 Å². The number of aromatic nitrogens is 2. The van der Waals surface area contributed by atoms with Crippen LogP contribution in [-0.2, 0) is 0 Å². The standard InChI is InChI=1S/C13H20ClN3O/c1-10-16-11(14)7-12(17-10)15-8-13(9-18)5-3-2-4-6-13/h7,18H,2-6,8-9H2,1H3,(H,15,16,17). The molecule has 0 saturated heterocycles. The Bertz CT molecular complexity index is 385. The summed E-state index contributed by atoms with van der Waals surface area (Å²) in [5.74, 6) is 1.40. The molecule has 1 heterocycles. The largest absolute Gasteiger partial charge is 0.396 e. The summed E-state index contributed by atoms with van der Waals surface area (Å²) in [5.41, 5.74) is 0.00355. The minimum atomic E-state index is 0.00355. The van der Waals surface area contributed by atoms with Crippen molar-refractivity contribution in [2.75, 3.05) is 18.5 Å². The number of rotatable bonds is 4. The quantitative estimate of drug-likeness (QED) is 0.826. The zero-order chi connectivity index (χ0) is 13.0. The molecule has 2 rings (SSSR count). The number of hydrogen-bond donors (Lipinski definition) is 2. The monoisotopic (exact) mass is 269 g/mol. The number of hydrogen-bond acceptors (Lipinski definition) is 4. The predicted octanol–water partition coefficient (Wildman–Crippen LogP) is 2.79. The third-order valence-corrected chi connectivity index (χ3v) is 3.89. The molecule has 4 nitrogen and oxygen atoms in total. The van der Waals surface area contributed by atoms with Gasteiger partial charge in [-0.15, -0.1) is 0 Å². The van der Waals surface area contributed by atoms with E-state index >= 15 is 0 Å². The number of aliphatic hydroxyl groups is 1. The molecule has 1 aliphatic carbocycles. The highest BCUT2D eigenvalue weighted by atomic mass is 35.5. The fourth-order valence-corrected chi connectivity index (χ4v) is 2.82. The molecular formula is C13H20ClN3O. The molecule has 0 bridgehead atoms. The number of aryl methyl sites for hydroxylation is 1. The van der Waals surface area contributed by atoms with Crippen LogP contribution < -0.4 is 5.32 Å². The van der Waals surface area contributed by atoms with E-state index in [2.05, 4.69) is 15.3 Å². The van der Waals surface area contributed by atoms with E-state index in [0.29, 0.717) is 11.0 Å². The lowest BCUT2D eigenvalue weighted by Gasteiger charge is -2.35. The fraction of sp³-hybridized carbons (Fsp3) is 0.692. The van der Waals surface area contributed by atoms with Crippen LogP contribution in [0.4, 0.5) is 5.82 Å². The lowest BCUT2D eigenvalue weighted by Crippen LogP contribution is -2.35. The Morgan fingerprint density at radius 3 is 2.67 bits per heavy atom. The topological polar surface area (TPSA) is 58.0 Å². The third-order valence-electron chi connectivity index (χ3n) is 3.70. The molecule has 1 fully saturated rings. The zero-order valence-corrected chi connectivity index (χ0v) is 11.5. The third kappa shape index (κ3) is 3.33. The highest BCUT2D eigenvalue weighted by molar-refractivity contribution is 6.29. The minimum Gasteiger partial charge on any atom is -0.396 e. The number of halogens is 1. The number of nitrogens with zero attached hydrogens (tertiary/aromatic N) is 2. The summed E-state index contributed by atoms with van der Waals surface area (Å²) in [5, 5.41) is 13.4. The first-order valence-electron chi connectivity index (χ1n) is 6.49. The van der Waals surface area contributed by atoms with Crippen LogP contribution in [-0.4, -0.2) is 28.2 Å². The Morgan fingerprint density at radius 2 is 2.06 bits per heavy atom. The van der Waals surface area contributed by atoms with Crippen molar-refractivity contribution >= 4 is 17.4 Å². The van der Waals surface area contributed by atoms with E-state index in [1.165, 1.54) is 19.3 Å². The summed E-state index contributed by atoms with van der Waals surface area (Å²) in [6, 6.07) is 1.72. The van der Waals surface area contributed by atoms with Crippen molar-refractivity contribution in [3.63, 3.8) is 0 Å². The van der Waals surface area contributed by atoms with Crippen molar-refractivity contribution in [1.29, 1.82) is 0 Å². The molecule has 0 unspecified atom stereocenters. The average Bonchev–Trinajstić information content (AvgIpc) is 2.36. The van der Waals surface area contributed by atoms with Crippen LogP contribution in [0.2, 0.25) is 5.15 Å². The maximum atomic E-state index is 9.63. The van der Waals surface area contributed by atoms with Gasteiger partial charge in [-0.3, -0.25) is 0 Å². The maximum Gasteiger partial charge on any atom is 0.134 e. The first kappa shape index (κ1) is 13.6. The molecule has 0 aromatic carbocycles. The van der Waals surface area contributed by atoms with E-state index in [1.54, 1.807) is 6.07 Å². The van der Waals surface area contributed by atoms with Crippen molar-refractivity contribution in [2.45, 2.75) is 39.0 Å².